The lowest BCUT2D eigenvalue weighted by Crippen LogP contribution is -1.99. The molecule has 0 spiro atoms. The Morgan fingerprint density at radius 2 is 2.38 bits per heavy atom. The van der Waals surface area contributed by atoms with Crippen LogP contribution in [0.1, 0.15) is 16.2 Å². The third-order valence-electron chi connectivity index (χ3n) is 1.89. The Kier molecular flexibility index (Phi) is 1.55. The number of hydrogen-bond acceptors (Lipinski definition) is 2. The number of pyridine rings is 1. The number of aryl methyl sites for hydroxylation is 1. The second kappa shape index (κ2) is 2.58. The molecule has 0 aliphatic rings. The lowest BCUT2D eigenvalue weighted by Gasteiger charge is -1.93. The van der Waals surface area contributed by atoms with Gasteiger partial charge in [-0.1, -0.05) is 0 Å². The molecule has 13 heavy (non-hydrogen) atoms. The lowest BCUT2D eigenvalue weighted by molar-refractivity contribution is 0.0693. The molecule has 0 saturated carbocycles. The molecule has 0 radical (unpaired) electrons. The summed E-state index contributed by atoms with van der Waals surface area (Å²) in [7, 11) is 0. The van der Waals surface area contributed by atoms with Crippen LogP contribution in [0.25, 0.3) is 10.9 Å². The monoisotopic (exact) mass is 176 g/mol. The number of fused-ring (bicyclic) bond motifs is 1. The Morgan fingerprint density at radius 1 is 1.62 bits per heavy atom. The van der Waals surface area contributed by atoms with Gasteiger partial charge in [-0.3, -0.25) is 0 Å². The molecule has 0 amide bonds. The molecule has 4 heteroatoms. The fourth-order valence-corrected chi connectivity index (χ4v) is 1.36. The highest BCUT2D eigenvalue weighted by atomic mass is 16.4. The number of nitrogens with zero attached hydrogens (tertiary/aromatic N) is 1. The van der Waals surface area contributed by atoms with E-state index in [2.05, 4.69) is 9.97 Å². The summed E-state index contributed by atoms with van der Waals surface area (Å²) < 4.78 is 0. The highest BCUT2D eigenvalue weighted by molar-refractivity contribution is 6.00. The first kappa shape index (κ1) is 7.79. The van der Waals surface area contributed by atoms with E-state index >= 15 is 0 Å². The van der Waals surface area contributed by atoms with Crippen molar-refractivity contribution in [2.24, 2.45) is 0 Å². The Hall–Kier alpha value is -1.84. The molecule has 4 nitrogen and oxygen atoms in total. The average molecular weight is 176 g/mol. The summed E-state index contributed by atoms with van der Waals surface area (Å²) in [6.07, 6.45) is 1.49. The van der Waals surface area contributed by atoms with Gasteiger partial charge in [0, 0.05) is 22.8 Å². The number of aromatic amines is 1. The summed E-state index contributed by atoms with van der Waals surface area (Å²) in [5.41, 5.74) is 1.84. The molecule has 66 valence electrons. The molecule has 0 aromatic carbocycles. The summed E-state index contributed by atoms with van der Waals surface area (Å²) in [6.45, 7) is 1.88. The normalized spacial score (nSPS) is 10.5. The third-order valence-corrected chi connectivity index (χ3v) is 1.89. The van der Waals surface area contributed by atoms with Crippen LogP contribution in [-0.2, 0) is 0 Å². The maximum atomic E-state index is 10.7. The summed E-state index contributed by atoms with van der Waals surface area (Å²) in [6, 6.07) is 3.54. The average Bonchev–Trinajstić information content (AvgIpc) is 2.43. The van der Waals surface area contributed by atoms with Crippen LogP contribution in [0.2, 0.25) is 0 Å². The molecule has 2 aromatic heterocycles. The number of aromatic carboxylic acids is 1. The summed E-state index contributed by atoms with van der Waals surface area (Å²) in [4.78, 5) is 17.6. The first-order valence-corrected chi connectivity index (χ1v) is 3.86. The predicted molar refractivity (Wildman–Crippen MR) is 47.8 cm³/mol. The topological polar surface area (TPSA) is 66.0 Å². The minimum atomic E-state index is -0.996. The third kappa shape index (κ3) is 1.16. The van der Waals surface area contributed by atoms with E-state index in [1.165, 1.54) is 6.20 Å². The van der Waals surface area contributed by atoms with Crippen molar-refractivity contribution in [3.8, 4) is 0 Å². The number of carboxylic acid groups (broad SMARTS) is 1. The molecule has 0 saturated heterocycles. The molecule has 0 aliphatic heterocycles. The molecule has 0 aliphatic carbocycles. The highest BCUT2D eigenvalue weighted by Gasteiger charge is 2.10. The predicted octanol–water partition coefficient (Wildman–Crippen LogP) is 1.57. The van der Waals surface area contributed by atoms with E-state index in [1.807, 2.05) is 6.92 Å². The van der Waals surface area contributed by atoms with Crippen molar-refractivity contribution in [1.29, 1.82) is 0 Å². The van der Waals surface area contributed by atoms with Crippen LogP contribution in [-0.4, -0.2) is 21.0 Å². The Morgan fingerprint density at radius 3 is 3.08 bits per heavy atom. The SMILES string of the molecule is Cc1cc2c(C(=O)O)nccc2[nH]1. The van der Waals surface area contributed by atoms with Crippen LogP contribution in [0.3, 0.4) is 0 Å². The first-order valence-electron chi connectivity index (χ1n) is 3.86. The number of hydrogen-bond donors (Lipinski definition) is 2. The standard InChI is InChI=1S/C9H8N2O2/c1-5-4-6-7(11-5)2-3-10-8(6)9(12)13/h2-4,11H,1H3,(H,12,13). The van der Waals surface area contributed by atoms with Gasteiger partial charge in [0.05, 0.1) is 0 Å². The van der Waals surface area contributed by atoms with Gasteiger partial charge in [-0.15, -0.1) is 0 Å². The van der Waals surface area contributed by atoms with E-state index in [0.29, 0.717) is 5.39 Å². The van der Waals surface area contributed by atoms with E-state index < -0.39 is 5.97 Å². The van der Waals surface area contributed by atoms with Crippen molar-refractivity contribution < 1.29 is 9.90 Å². The zero-order valence-corrected chi connectivity index (χ0v) is 7.03. The number of H-pyrrole nitrogens is 1. The van der Waals surface area contributed by atoms with Crippen molar-refractivity contribution in [2.45, 2.75) is 6.92 Å². The second-order valence-corrected chi connectivity index (χ2v) is 2.88. The number of nitrogens with one attached hydrogen (secondary N) is 1. The molecular weight excluding hydrogens is 168 g/mol. The van der Waals surface area contributed by atoms with Crippen molar-refractivity contribution in [1.82, 2.24) is 9.97 Å². The summed E-state index contributed by atoms with van der Waals surface area (Å²) in [5.74, 6) is -0.996. The van der Waals surface area contributed by atoms with Crippen LogP contribution in [0.4, 0.5) is 0 Å². The first-order chi connectivity index (χ1) is 6.18. The molecule has 0 fully saturated rings. The number of aromatic nitrogens is 2. The molecule has 0 bridgehead atoms. The van der Waals surface area contributed by atoms with Crippen molar-refractivity contribution >= 4 is 16.9 Å². The van der Waals surface area contributed by atoms with E-state index in [0.717, 1.165) is 11.2 Å². The molecule has 2 aromatic rings. The molecular formula is C9H8N2O2. The number of rotatable bonds is 1. The molecule has 2 heterocycles. The van der Waals surface area contributed by atoms with Gasteiger partial charge in [0.2, 0.25) is 0 Å². The lowest BCUT2D eigenvalue weighted by atomic mass is 10.2. The molecule has 2 N–H and O–H groups in total. The van der Waals surface area contributed by atoms with Crippen LogP contribution < -0.4 is 0 Å². The van der Waals surface area contributed by atoms with Crippen LogP contribution >= 0.6 is 0 Å². The molecule has 0 atom stereocenters. The quantitative estimate of drug-likeness (QED) is 0.693. The number of carbonyl (C=O) groups is 1. The van der Waals surface area contributed by atoms with Crippen LogP contribution in [0.5, 0.6) is 0 Å². The van der Waals surface area contributed by atoms with Gasteiger partial charge >= 0.3 is 5.97 Å². The zero-order chi connectivity index (χ0) is 9.42. The Bertz CT molecular complexity index is 473. The second-order valence-electron chi connectivity index (χ2n) is 2.88. The van der Waals surface area contributed by atoms with Crippen LogP contribution in [0.15, 0.2) is 18.3 Å². The highest BCUT2D eigenvalue weighted by Crippen LogP contribution is 2.17. The fourth-order valence-electron chi connectivity index (χ4n) is 1.36. The largest absolute Gasteiger partial charge is 0.476 e. The molecule has 2 rings (SSSR count). The summed E-state index contributed by atoms with van der Waals surface area (Å²) in [5, 5.41) is 9.48. The number of carboxylic acids is 1. The van der Waals surface area contributed by atoms with E-state index in [1.54, 1.807) is 12.1 Å². The minimum Gasteiger partial charge on any atom is -0.476 e. The maximum absolute atomic E-state index is 10.7. The zero-order valence-electron chi connectivity index (χ0n) is 7.03. The van der Waals surface area contributed by atoms with Gasteiger partial charge in [0.25, 0.3) is 0 Å². The van der Waals surface area contributed by atoms with Gasteiger partial charge in [0.15, 0.2) is 5.69 Å². The minimum absolute atomic E-state index is 0.0989. The summed E-state index contributed by atoms with van der Waals surface area (Å²) >= 11 is 0. The fraction of sp³-hybridized carbons (Fsp3) is 0.111. The van der Waals surface area contributed by atoms with E-state index in [-0.39, 0.29) is 5.69 Å². The van der Waals surface area contributed by atoms with Gasteiger partial charge in [-0.2, -0.15) is 0 Å². The Balaban J connectivity index is 2.82. The maximum Gasteiger partial charge on any atom is 0.355 e. The van der Waals surface area contributed by atoms with Gasteiger partial charge in [0.1, 0.15) is 0 Å². The van der Waals surface area contributed by atoms with E-state index in [9.17, 15) is 4.79 Å². The van der Waals surface area contributed by atoms with Gasteiger partial charge in [-0.05, 0) is 19.1 Å². The van der Waals surface area contributed by atoms with Gasteiger partial charge in [-0.25, -0.2) is 9.78 Å². The van der Waals surface area contributed by atoms with Gasteiger partial charge < -0.3 is 10.1 Å². The van der Waals surface area contributed by atoms with Crippen molar-refractivity contribution in [2.75, 3.05) is 0 Å². The van der Waals surface area contributed by atoms with Crippen LogP contribution in [0, 0.1) is 6.92 Å². The van der Waals surface area contributed by atoms with E-state index in [4.69, 9.17) is 5.11 Å². The van der Waals surface area contributed by atoms with Crippen molar-refractivity contribution in [3.05, 3.63) is 29.7 Å². The Labute approximate surface area is 74.2 Å². The molecule has 0 unspecified atom stereocenters. The van der Waals surface area contributed by atoms with Crippen molar-refractivity contribution in [3.63, 3.8) is 0 Å². The smallest absolute Gasteiger partial charge is 0.355 e.